The Morgan fingerprint density at radius 3 is 2.35 bits per heavy atom. The van der Waals surface area contributed by atoms with Crippen LogP contribution in [0.15, 0.2) is 42.7 Å². The summed E-state index contributed by atoms with van der Waals surface area (Å²) in [4.78, 5) is 15.4. The molecular formula is C21H26F3N5O2. The van der Waals surface area contributed by atoms with Gasteiger partial charge < -0.3 is 15.3 Å². The van der Waals surface area contributed by atoms with Crippen LogP contribution in [0.5, 0.6) is 0 Å². The summed E-state index contributed by atoms with van der Waals surface area (Å²) in [6.07, 6.45) is -1.24. The summed E-state index contributed by atoms with van der Waals surface area (Å²) in [6, 6.07) is 11.0. The number of halogens is 3. The maximum absolute atomic E-state index is 10.6. The first-order chi connectivity index (χ1) is 14.5. The van der Waals surface area contributed by atoms with E-state index < -0.39 is 12.1 Å². The standard InChI is InChI=1S/C19H25N5.C2HF3O2/c1-13(16-6-8-19(21-11-16)24(3)4)10-20-14(2)15-5-7-18-17(9-15)12-22-23-18;3-2(4,5)1(6)7/h5-9,11-14,20H,10H2,1-4H3,(H,22,23);(H,6,7). The molecule has 0 spiro atoms. The lowest BCUT2D eigenvalue weighted by molar-refractivity contribution is -0.192. The molecule has 0 amide bonds. The second kappa shape index (κ2) is 10.3. The molecule has 2 heterocycles. The topological polar surface area (TPSA) is 94.1 Å². The molecule has 1 aromatic carbocycles. The largest absolute Gasteiger partial charge is 0.490 e. The van der Waals surface area contributed by atoms with Crippen LogP contribution < -0.4 is 10.2 Å². The first kappa shape index (κ1) is 24.1. The van der Waals surface area contributed by atoms with E-state index in [4.69, 9.17) is 9.90 Å². The third-order valence-electron chi connectivity index (χ3n) is 4.73. The maximum Gasteiger partial charge on any atom is 0.490 e. The monoisotopic (exact) mass is 437 g/mol. The van der Waals surface area contributed by atoms with Gasteiger partial charge in [-0.2, -0.15) is 18.3 Å². The van der Waals surface area contributed by atoms with Crippen LogP contribution in [-0.2, 0) is 4.79 Å². The highest BCUT2D eigenvalue weighted by atomic mass is 19.4. The van der Waals surface area contributed by atoms with E-state index >= 15 is 0 Å². The quantitative estimate of drug-likeness (QED) is 0.537. The number of carboxylic acids is 1. The number of hydrogen-bond acceptors (Lipinski definition) is 5. The number of alkyl halides is 3. The number of rotatable bonds is 6. The third kappa shape index (κ3) is 6.95. The van der Waals surface area contributed by atoms with Crippen molar-refractivity contribution >= 4 is 22.7 Å². The van der Waals surface area contributed by atoms with Crippen LogP contribution >= 0.6 is 0 Å². The van der Waals surface area contributed by atoms with Gasteiger partial charge in [-0.1, -0.05) is 19.1 Å². The number of aliphatic carboxylic acids is 1. The summed E-state index contributed by atoms with van der Waals surface area (Å²) in [6.45, 7) is 5.33. The SMILES string of the molecule is CC(CNC(C)c1ccc2[nH]ncc2c1)c1ccc(N(C)C)nc1.O=C(O)C(F)(F)F. The number of fused-ring (bicyclic) bond motifs is 1. The van der Waals surface area contributed by atoms with Gasteiger partial charge in [0.25, 0.3) is 0 Å². The van der Waals surface area contributed by atoms with Gasteiger partial charge in [0.15, 0.2) is 0 Å². The molecule has 0 fully saturated rings. The Morgan fingerprint density at radius 1 is 1.16 bits per heavy atom. The molecule has 0 radical (unpaired) electrons. The normalized spacial score (nSPS) is 13.3. The minimum Gasteiger partial charge on any atom is -0.475 e. The van der Waals surface area contributed by atoms with Gasteiger partial charge in [-0.3, -0.25) is 5.10 Å². The van der Waals surface area contributed by atoms with E-state index in [9.17, 15) is 13.2 Å². The number of anilines is 1. The van der Waals surface area contributed by atoms with Gasteiger partial charge in [0.05, 0.1) is 11.7 Å². The lowest BCUT2D eigenvalue weighted by Gasteiger charge is -2.19. The highest BCUT2D eigenvalue weighted by Crippen LogP contribution is 2.21. The van der Waals surface area contributed by atoms with Crippen molar-refractivity contribution in [3.8, 4) is 0 Å². The number of aromatic amines is 1. The molecule has 31 heavy (non-hydrogen) atoms. The molecule has 168 valence electrons. The molecule has 0 aliphatic rings. The fraction of sp³-hybridized carbons (Fsp3) is 0.381. The number of pyridine rings is 1. The van der Waals surface area contributed by atoms with Crippen molar-refractivity contribution in [3.63, 3.8) is 0 Å². The predicted octanol–water partition coefficient (Wildman–Crippen LogP) is 4.11. The first-order valence-corrected chi connectivity index (χ1v) is 9.58. The summed E-state index contributed by atoms with van der Waals surface area (Å²) in [7, 11) is 4.01. The smallest absolute Gasteiger partial charge is 0.475 e. The number of H-pyrrole nitrogens is 1. The predicted molar refractivity (Wildman–Crippen MR) is 113 cm³/mol. The van der Waals surface area contributed by atoms with Gasteiger partial charge in [0.2, 0.25) is 0 Å². The van der Waals surface area contributed by atoms with Crippen molar-refractivity contribution in [2.75, 3.05) is 25.5 Å². The molecule has 10 heteroatoms. The summed E-state index contributed by atoms with van der Waals surface area (Å²) in [5.41, 5.74) is 3.61. The minimum atomic E-state index is -5.08. The van der Waals surface area contributed by atoms with E-state index in [-0.39, 0.29) is 0 Å². The molecule has 2 atom stereocenters. The third-order valence-corrected chi connectivity index (χ3v) is 4.73. The summed E-state index contributed by atoms with van der Waals surface area (Å²) < 4.78 is 31.7. The molecule has 3 N–H and O–H groups in total. The fourth-order valence-electron chi connectivity index (χ4n) is 2.77. The van der Waals surface area contributed by atoms with Crippen molar-refractivity contribution in [2.24, 2.45) is 0 Å². The summed E-state index contributed by atoms with van der Waals surface area (Å²) >= 11 is 0. The average molecular weight is 437 g/mol. The summed E-state index contributed by atoms with van der Waals surface area (Å²) in [5, 5.41) is 19.0. The Balaban J connectivity index is 0.000000423. The Morgan fingerprint density at radius 2 is 1.81 bits per heavy atom. The number of aromatic nitrogens is 3. The Hall–Kier alpha value is -3.14. The zero-order valence-corrected chi connectivity index (χ0v) is 17.7. The average Bonchev–Trinajstić information content (AvgIpc) is 3.19. The van der Waals surface area contributed by atoms with Crippen LogP contribution in [0.4, 0.5) is 19.0 Å². The van der Waals surface area contributed by atoms with E-state index in [1.165, 1.54) is 11.1 Å². The molecule has 3 aromatic rings. The lowest BCUT2D eigenvalue weighted by atomic mass is 10.0. The van der Waals surface area contributed by atoms with Crippen molar-refractivity contribution in [2.45, 2.75) is 32.0 Å². The van der Waals surface area contributed by atoms with Crippen molar-refractivity contribution < 1.29 is 23.1 Å². The molecule has 0 saturated carbocycles. The van der Waals surface area contributed by atoms with Crippen LogP contribution in [0, 0.1) is 0 Å². The molecule has 2 unspecified atom stereocenters. The van der Waals surface area contributed by atoms with E-state index in [1.54, 1.807) is 0 Å². The molecular weight excluding hydrogens is 411 g/mol. The molecule has 3 rings (SSSR count). The van der Waals surface area contributed by atoms with Gasteiger partial charge in [-0.05, 0) is 42.2 Å². The van der Waals surface area contributed by atoms with Gasteiger partial charge in [-0.25, -0.2) is 9.78 Å². The van der Waals surface area contributed by atoms with Crippen LogP contribution in [0.2, 0.25) is 0 Å². The Bertz CT molecular complexity index is 987. The summed E-state index contributed by atoms with van der Waals surface area (Å²) in [5.74, 6) is -1.36. The molecule has 2 aromatic heterocycles. The van der Waals surface area contributed by atoms with E-state index in [0.717, 1.165) is 23.3 Å². The lowest BCUT2D eigenvalue weighted by Crippen LogP contribution is -2.23. The molecule has 0 saturated heterocycles. The molecule has 0 aliphatic carbocycles. The van der Waals surface area contributed by atoms with Crippen molar-refractivity contribution in [1.82, 2.24) is 20.5 Å². The fourth-order valence-corrected chi connectivity index (χ4v) is 2.77. The maximum atomic E-state index is 10.6. The van der Waals surface area contributed by atoms with Crippen LogP contribution in [0.25, 0.3) is 10.9 Å². The zero-order chi connectivity index (χ0) is 23.2. The van der Waals surface area contributed by atoms with Gasteiger partial charge >= 0.3 is 12.1 Å². The highest BCUT2D eigenvalue weighted by Gasteiger charge is 2.38. The van der Waals surface area contributed by atoms with Crippen molar-refractivity contribution in [3.05, 3.63) is 53.9 Å². The number of nitrogens with zero attached hydrogens (tertiary/aromatic N) is 3. The minimum absolute atomic E-state index is 0.292. The first-order valence-electron chi connectivity index (χ1n) is 9.58. The molecule has 0 aliphatic heterocycles. The van der Waals surface area contributed by atoms with E-state index in [1.807, 2.05) is 31.4 Å². The highest BCUT2D eigenvalue weighted by molar-refractivity contribution is 5.78. The van der Waals surface area contributed by atoms with E-state index in [2.05, 4.69) is 64.7 Å². The Kier molecular flexibility index (Phi) is 7.98. The van der Waals surface area contributed by atoms with Crippen LogP contribution in [0.1, 0.15) is 36.9 Å². The van der Waals surface area contributed by atoms with Crippen LogP contribution in [0.3, 0.4) is 0 Å². The van der Waals surface area contributed by atoms with Gasteiger partial charge in [0, 0.05) is 38.3 Å². The number of carboxylic acid groups (broad SMARTS) is 1. The number of carbonyl (C=O) groups is 1. The van der Waals surface area contributed by atoms with E-state index in [0.29, 0.717) is 12.0 Å². The number of benzene rings is 1. The second-order valence-corrected chi connectivity index (χ2v) is 7.39. The molecule has 7 nitrogen and oxygen atoms in total. The number of hydrogen-bond donors (Lipinski definition) is 3. The van der Waals surface area contributed by atoms with Crippen LogP contribution in [-0.4, -0.2) is 53.1 Å². The number of nitrogens with one attached hydrogen (secondary N) is 2. The second-order valence-electron chi connectivity index (χ2n) is 7.39. The zero-order valence-electron chi connectivity index (χ0n) is 17.7. The van der Waals surface area contributed by atoms with Gasteiger partial charge in [0.1, 0.15) is 5.82 Å². The Labute approximate surface area is 178 Å². The van der Waals surface area contributed by atoms with Gasteiger partial charge in [-0.15, -0.1) is 0 Å². The van der Waals surface area contributed by atoms with Crippen molar-refractivity contribution in [1.29, 1.82) is 0 Å². The molecule has 0 bridgehead atoms.